The van der Waals surface area contributed by atoms with Gasteiger partial charge in [0, 0.05) is 11.6 Å². The molecule has 3 N–H and O–H groups in total. The second-order valence-electron chi connectivity index (χ2n) is 5.18. The maximum Gasteiger partial charge on any atom is 0.524 e. The standard InChI is InChI=1S/C16H17FNO6P/c1-4-10-7-11(19)8-13-15(10)23-16(18-13)9(3)6-12(17)14(5-2)24-25(20,21)22/h4-9,19H,1H2,2-3H3,(H2,20,21,22)/b12-6+,14-5+. The zero-order valence-corrected chi connectivity index (χ0v) is 14.4. The van der Waals surface area contributed by atoms with Gasteiger partial charge in [0.05, 0.1) is 5.92 Å². The van der Waals surface area contributed by atoms with E-state index in [1.165, 1.54) is 25.1 Å². The first-order valence-corrected chi connectivity index (χ1v) is 8.72. The molecule has 1 atom stereocenters. The Morgan fingerprint density at radius 3 is 2.72 bits per heavy atom. The molecule has 0 aliphatic rings. The molecule has 1 unspecified atom stereocenters. The number of phosphoric ester groups is 1. The molecule has 0 fully saturated rings. The number of rotatable bonds is 6. The van der Waals surface area contributed by atoms with E-state index in [4.69, 9.17) is 14.2 Å². The van der Waals surface area contributed by atoms with Crippen molar-refractivity contribution in [1.82, 2.24) is 4.98 Å². The molecule has 1 aromatic heterocycles. The maximum absolute atomic E-state index is 14.2. The average Bonchev–Trinajstić information content (AvgIpc) is 2.94. The van der Waals surface area contributed by atoms with Crippen molar-refractivity contribution in [3.63, 3.8) is 0 Å². The topological polar surface area (TPSA) is 113 Å². The number of hydrogen-bond donors (Lipinski definition) is 3. The number of oxazole rings is 1. The molecule has 25 heavy (non-hydrogen) atoms. The second-order valence-corrected chi connectivity index (χ2v) is 6.34. The number of halogens is 1. The second kappa shape index (κ2) is 7.23. The van der Waals surface area contributed by atoms with Crippen LogP contribution in [0.3, 0.4) is 0 Å². The van der Waals surface area contributed by atoms with Gasteiger partial charge in [-0.1, -0.05) is 19.6 Å². The van der Waals surface area contributed by atoms with Gasteiger partial charge in [-0.05, 0) is 25.1 Å². The number of fused-ring (bicyclic) bond motifs is 1. The Morgan fingerprint density at radius 2 is 2.16 bits per heavy atom. The first-order valence-electron chi connectivity index (χ1n) is 7.19. The molecule has 2 rings (SSSR count). The van der Waals surface area contributed by atoms with E-state index in [2.05, 4.69) is 16.1 Å². The van der Waals surface area contributed by atoms with E-state index in [1.54, 1.807) is 6.92 Å². The minimum atomic E-state index is -4.87. The molecule has 2 aromatic rings. The fourth-order valence-corrected chi connectivity index (χ4v) is 2.59. The van der Waals surface area contributed by atoms with Crippen molar-refractivity contribution in [3.05, 3.63) is 53.9 Å². The van der Waals surface area contributed by atoms with Crippen molar-refractivity contribution in [2.75, 3.05) is 0 Å². The Bertz CT molecular complexity index is 911. The van der Waals surface area contributed by atoms with E-state index in [9.17, 15) is 14.1 Å². The lowest BCUT2D eigenvalue weighted by atomic mass is 10.1. The van der Waals surface area contributed by atoms with Crippen LogP contribution in [-0.4, -0.2) is 19.9 Å². The molecule has 0 spiro atoms. The number of hydrogen-bond acceptors (Lipinski definition) is 5. The lowest BCUT2D eigenvalue weighted by Gasteiger charge is -2.09. The minimum Gasteiger partial charge on any atom is -0.508 e. The average molecular weight is 369 g/mol. The van der Waals surface area contributed by atoms with Crippen LogP contribution >= 0.6 is 7.82 Å². The SMILES string of the molecule is C=Cc1cc(O)cc2nc(C(C)/C=C(F)\C(=C/C)OP(=O)(O)O)oc12. The molecular formula is C16H17FNO6P. The van der Waals surface area contributed by atoms with Crippen LogP contribution in [-0.2, 0) is 9.09 Å². The van der Waals surface area contributed by atoms with Crippen molar-refractivity contribution in [2.45, 2.75) is 19.8 Å². The van der Waals surface area contributed by atoms with Crippen LogP contribution in [0.2, 0.25) is 0 Å². The highest BCUT2D eigenvalue weighted by atomic mass is 31.2. The third kappa shape index (κ3) is 4.57. The molecule has 0 saturated carbocycles. The van der Waals surface area contributed by atoms with Gasteiger partial charge in [0.25, 0.3) is 0 Å². The molecule has 7 nitrogen and oxygen atoms in total. The van der Waals surface area contributed by atoms with E-state index in [0.717, 1.165) is 12.2 Å². The molecule has 1 aromatic carbocycles. The van der Waals surface area contributed by atoms with Crippen molar-refractivity contribution in [3.8, 4) is 5.75 Å². The number of phenols is 1. The van der Waals surface area contributed by atoms with E-state index in [0.29, 0.717) is 16.7 Å². The number of aromatic hydroxyl groups is 1. The first-order chi connectivity index (χ1) is 11.6. The van der Waals surface area contributed by atoms with Gasteiger partial charge in [-0.15, -0.1) is 0 Å². The Labute approximate surface area is 143 Å². The summed E-state index contributed by atoms with van der Waals surface area (Å²) in [5, 5.41) is 9.65. The van der Waals surface area contributed by atoms with E-state index >= 15 is 0 Å². The monoisotopic (exact) mass is 369 g/mol. The highest BCUT2D eigenvalue weighted by molar-refractivity contribution is 7.46. The molecule has 0 aliphatic carbocycles. The number of nitrogens with zero attached hydrogens (tertiary/aromatic N) is 1. The summed E-state index contributed by atoms with van der Waals surface area (Å²) in [5.41, 5.74) is 1.30. The molecular weight excluding hydrogens is 352 g/mol. The molecule has 0 amide bonds. The molecule has 1 heterocycles. The molecule has 0 radical (unpaired) electrons. The van der Waals surface area contributed by atoms with Crippen LogP contribution in [0.25, 0.3) is 17.2 Å². The predicted octanol–water partition coefficient (Wildman–Crippen LogP) is 4.15. The van der Waals surface area contributed by atoms with E-state index in [1.807, 2.05) is 0 Å². The molecule has 0 saturated heterocycles. The highest BCUT2D eigenvalue weighted by Crippen LogP contribution is 2.41. The van der Waals surface area contributed by atoms with Crippen molar-refractivity contribution in [1.29, 1.82) is 0 Å². The third-order valence-electron chi connectivity index (χ3n) is 3.24. The molecule has 0 aliphatic heterocycles. The molecule has 134 valence electrons. The fraction of sp³-hybridized carbons (Fsp3) is 0.188. The lowest BCUT2D eigenvalue weighted by Crippen LogP contribution is -1.95. The smallest absolute Gasteiger partial charge is 0.508 e. The molecule has 9 heteroatoms. The van der Waals surface area contributed by atoms with Gasteiger partial charge in [-0.2, -0.15) is 0 Å². The Kier molecular flexibility index (Phi) is 5.47. The van der Waals surface area contributed by atoms with Gasteiger partial charge in [0.2, 0.25) is 5.89 Å². The van der Waals surface area contributed by atoms with Crippen molar-refractivity contribution >= 4 is 25.0 Å². The minimum absolute atomic E-state index is 0.0112. The zero-order chi connectivity index (χ0) is 18.8. The van der Waals surface area contributed by atoms with Crippen LogP contribution < -0.4 is 0 Å². The number of phosphoric acid groups is 1. The largest absolute Gasteiger partial charge is 0.524 e. The summed E-state index contributed by atoms with van der Waals surface area (Å²) in [4.78, 5) is 21.8. The first kappa shape index (κ1) is 18.9. The quantitative estimate of drug-likeness (QED) is 0.398. The number of benzene rings is 1. The number of phenolic OH excluding ortho intramolecular Hbond substituents is 1. The Morgan fingerprint density at radius 1 is 1.48 bits per heavy atom. The van der Waals surface area contributed by atoms with E-state index in [-0.39, 0.29) is 11.6 Å². The maximum atomic E-state index is 14.2. The predicted molar refractivity (Wildman–Crippen MR) is 90.3 cm³/mol. The van der Waals surface area contributed by atoms with Crippen LogP contribution in [0.15, 0.2) is 46.9 Å². The number of allylic oxidation sites excluding steroid dienone is 3. The third-order valence-corrected chi connectivity index (χ3v) is 3.68. The summed E-state index contributed by atoms with van der Waals surface area (Å²) in [5.74, 6) is -2.07. The fourth-order valence-electron chi connectivity index (χ4n) is 2.14. The van der Waals surface area contributed by atoms with E-state index < -0.39 is 25.3 Å². The summed E-state index contributed by atoms with van der Waals surface area (Å²) in [6.07, 6.45) is 3.64. The van der Waals surface area contributed by atoms with Gasteiger partial charge in [0.1, 0.15) is 11.3 Å². The summed E-state index contributed by atoms with van der Waals surface area (Å²) in [6.45, 7) is 6.59. The summed E-state index contributed by atoms with van der Waals surface area (Å²) in [6, 6.07) is 2.85. The van der Waals surface area contributed by atoms with Crippen molar-refractivity contribution in [2.24, 2.45) is 0 Å². The van der Waals surface area contributed by atoms with Gasteiger partial charge >= 0.3 is 7.82 Å². The Balaban J connectivity index is 2.37. The number of aromatic nitrogens is 1. The van der Waals surface area contributed by atoms with Crippen molar-refractivity contribution < 1.29 is 32.8 Å². The van der Waals surface area contributed by atoms with Gasteiger partial charge in [0.15, 0.2) is 17.2 Å². The highest BCUT2D eigenvalue weighted by Gasteiger charge is 2.22. The molecule has 0 bridgehead atoms. The normalized spacial score (nSPS) is 14.6. The van der Waals surface area contributed by atoms with Crippen LogP contribution in [0.5, 0.6) is 5.75 Å². The van der Waals surface area contributed by atoms with Crippen LogP contribution in [0.4, 0.5) is 4.39 Å². The summed E-state index contributed by atoms with van der Waals surface area (Å²) < 4.78 is 34.9. The summed E-state index contributed by atoms with van der Waals surface area (Å²) in [7, 11) is -4.87. The zero-order valence-electron chi connectivity index (χ0n) is 13.5. The van der Waals surface area contributed by atoms with Gasteiger partial charge in [-0.25, -0.2) is 13.9 Å². The Hall–Kier alpha value is -2.41. The van der Waals surface area contributed by atoms with Gasteiger partial charge < -0.3 is 14.0 Å². The van der Waals surface area contributed by atoms with Crippen LogP contribution in [0.1, 0.15) is 31.2 Å². The van der Waals surface area contributed by atoms with Gasteiger partial charge in [-0.3, -0.25) is 9.79 Å². The summed E-state index contributed by atoms with van der Waals surface area (Å²) >= 11 is 0. The van der Waals surface area contributed by atoms with Crippen LogP contribution in [0, 0.1) is 0 Å². The lowest BCUT2D eigenvalue weighted by molar-refractivity contribution is 0.239.